The highest BCUT2D eigenvalue weighted by atomic mass is 19.1. The van der Waals surface area contributed by atoms with Crippen molar-refractivity contribution in [3.8, 4) is 0 Å². The van der Waals surface area contributed by atoms with Crippen LogP contribution in [0.4, 0.5) is 4.39 Å². The largest absolute Gasteiger partial charge is 0.350 e. The number of nitrogens with one attached hydrogen (secondary N) is 1. The number of H-pyrrole nitrogens is 1. The molecule has 0 aliphatic carbocycles. The maximum Gasteiger partial charge on any atom is 0.270 e. The summed E-state index contributed by atoms with van der Waals surface area (Å²) in [5.41, 5.74) is 1.18. The quantitative estimate of drug-likeness (QED) is 0.899. The molecule has 1 aliphatic heterocycles. The van der Waals surface area contributed by atoms with Crippen LogP contribution in [0.25, 0.3) is 10.9 Å². The van der Waals surface area contributed by atoms with E-state index in [2.05, 4.69) is 11.9 Å². The number of carbonyl (C=O) groups excluding carboxylic acids is 1. The Morgan fingerprint density at radius 1 is 1.36 bits per heavy atom. The first-order valence-electron chi connectivity index (χ1n) is 8.25. The van der Waals surface area contributed by atoms with Crippen LogP contribution in [-0.4, -0.2) is 28.9 Å². The third kappa shape index (κ3) is 3.01. The highest BCUT2D eigenvalue weighted by Gasteiger charge is 2.22. The topological polar surface area (TPSA) is 36.1 Å². The number of likely N-dealkylation sites (tertiary alicyclic amines) is 1. The van der Waals surface area contributed by atoms with Crippen molar-refractivity contribution in [1.29, 1.82) is 0 Å². The van der Waals surface area contributed by atoms with Crippen molar-refractivity contribution in [2.45, 2.75) is 39.0 Å². The van der Waals surface area contributed by atoms with Gasteiger partial charge in [-0.15, -0.1) is 0 Å². The predicted octanol–water partition coefficient (Wildman–Crippen LogP) is 4.35. The molecule has 0 spiro atoms. The van der Waals surface area contributed by atoms with Crippen molar-refractivity contribution < 1.29 is 9.18 Å². The van der Waals surface area contributed by atoms with Gasteiger partial charge in [0.05, 0.1) is 0 Å². The molecule has 1 unspecified atom stereocenters. The fourth-order valence-electron chi connectivity index (χ4n) is 3.47. The maximum absolute atomic E-state index is 13.8. The smallest absolute Gasteiger partial charge is 0.270 e. The van der Waals surface area contributed by atoms with E-state index in [1.54, 1.807) is 18.2 Å². The number of fused-ring (bicyclic) bond motifs is 1. The Morgan fingerprint density at radius 2 is 2.23 bits per heavy atom. The SMILES string of the molecule is CCCC1CCCN(C(=O)c2cc3c(F)cccc3[nH]2)CC1. The number of carbonyl (C=O) groups is 1. The van der Waals surface area contributed by atoms with E-state index in [9.17, 15) is 9.18 Å². The number of halogens is 1. The number of benzene rings is 1. The lowest BCUT2D eigenvalue weighted by Gasteiger charge is -2.19. The van der Waals surface area contributed by atoms with Crippen LogP contribution in [0.3, 0.4) is 0 Å². The molecule has 1 saturated heterocycles. The van der Waals surface area contributed by atoms with Crippen LogP contribution in [-0.2, 0) is 0 Å². The highest BCUT2D eigenvalue weighted by Crippen LogP contribution is 2.24. The maximum atomic E-state index is 13.8. The zero-order valence-electron chi connectivity index (χ0n) is 13.1. The van der Waals surface area contributed by atoms with E-state index >= 15 is 0 Å². The van der Waals surface area contributed by atoms with E-state index in [0.29, 0.717) is 16.6 Å². The lowest BCUT2D eigenvalue weighted by Crippen LogP contribution is -2.32. The van der Waals surface area contributed by atoms with E-state index in [-0.39, 0.29) is 11.7 Å². The molecule has 3 nitrogen and oxygen atoms in total. The number of rotatable bonds is 3. The number of aromatic nitrogens is 1. The Labute approximate surface area is 130 Å². The van der Waals surface area contributed by atoms with Crippen molar-refractivity contribution in [3.05, 3.63) is 35.8 Å². The molecule has 1 N–H and O–H groups in total. The second-order valence-electron chi connectivity index (χ2n) is 6.26. The normalized spacial score (nSPS) is 19.4. The monoisotopic (exact) mass is 302 g/mol. The van der Waals surface area contributed by atoms with Gasteiger partial charge in [0.1, 0.15) is 11.5 Å². The summed E-state index contributed by atoms with van der Waals surface area (Å²) >= 11 is 0. The van der Waals surface area contributed by atoms with Gasteiger partial charge in [-0.3, -0.25) is 4.79 Å². The molecule has 1 aromatic carbocycles. The van der Waals surface area contributed by atoms with Gasteiger partial charge in [-0.25, -0.2) is 4.39 Å². The van der Waals surface area contributed by atoms with E-state index in [0.717, 1.165) is 31.8 Å². The molecule has 0 bridgehead atoms. The average Bonchev–Trinajstić information content (AvgIpc) is 2.82. The first-order valence-corrected chi connectivity index (χ1v) is 8.25. The van der Waals surface area contributed by atoms with Gasteiger partial charge in [0.25, 0.3) is 5.91 Å². The molecule has 1 fully saturated rings. The molecule has 1 amide bonds. The third-order valence-electron chi connectivity index (χ3n) is 4.67. The molecule has 2 heterocycles. The molecular weight excluding hydrogens is 279 g/mol. The summed E-state index contributed by atoms with van der Waals surface area (Å²) in [7, 11) is 0. The summed E-state index contributed by atoms with van der Waals surface area (Å²) in [4.78, 5) is 17.6. The van der Waals surface area contributed by atoms with E-state index in [1.807, 2.05) is 4.90 Å². The van der Waals surface area contributed by atoms with E-state index in [4.69, 9.17) is 0 Å². The van der Waals surface area contributed by atoms with Gasteiger partial charge in [0.15, 0.2) is 0 Å². The Morgan fingerprint density at radius 3 is 3.00 bits per heavy atom. The van der Waals surface area contributed by atoms with Crippen molar-refractivity contribution in [2.24, 2.45) is 5.92 Å². The lowest BCUT2D eigenvalue weighted by molar-refractivity contribution is 0.0755. The van der Waals surface area contributed by atoms with Gasteiger partial charge in [-0.05, 0) is 43.4 Å². The summed E-state index contributed by atoms with van der Waals surface area (Å²) in [6.45, 7) is 3.82. The molecule has 3 rings (SSSR count). The van der Waals surface area contributed by atoms with Crippen molar-refractivity contribution in [1.82, 2.24) is 9.88 Å². The van der Waals surface area contributed by atoms with Gasteiger partial charge < -0.3 is 9.88 Å². The van der Waals surface area contributed by atoms with Crippen LogP contribution in [0, 0.1) is 11.7 Å². The van der Waals surface area contributed by atoms with Crippen LogP contribution in [0.2, 0.25) is 0 Å². The van der Waals surface area contributed by atoms with Gasteiger partial charge in [0.2, 0.25) is 0 Å². The van der Waals surface area contributed by atoms with Gasteiger partial charge in [0, 0.05) is 24.0 Å². The fourth-order valence-corrected chi connectivity index (χ4v) is 3.47. The first kappa shape index (κ1) is 15.1. The van der Waals surface area contributed by atoms with E-state index < -0.39 is 0 Å². The molecule has 22 heavy (non-hydrogen) atoms. The van der Waals surface area contributed by atoms with Crippen molar-refractivity contribution in [2.75, 3.05) is 13.1 Å². The first-order chi connectivity index (χ1) is 10.7. The molecule has 0 saturated carbocycles. The number of hydrogen-bond donors (Lipinski definition) is 1. The van der Waals surface area contributed by atoms with Gasteiger partial charge in [-0.2, -0.15) is 0 Å². The number of aromatic amines is 1. The van der Waals surface area contributed by atoms with Gasteiger partial charge in [-0.1, -0.05) is 25.8 Å². The predicted molar refractivity (Wildman–Crippen MR) is 86.4 cm³/mol. The summed E-state index contributed by atoms with van der Waals surface area (Å²) in [5, 5.41) is 0.490. The van der Waals surface area contributed by atoms with Crippen molar-refractivity contribution >= 4 is 16.8 Å². The molecular formula is C18H23FN2O. The summed E-state index contributed by atoms with van der Waals surface area (Å²) in [6.07, 6.45) is 5.80. The Bertz CT molecular complexity index is 664. The minimum Gasteiger partial charge on any atom is -0.350 e. The summed E-state index contributed by atoms with van der Waals surface area (Å²) in [5.74, 6) is 0.447. The van der Waals surface area contributed by atoms with Crippen LogP contribution in [0.5, 0.6) is 0 Å². The Kier molecular flexibility index (Phi) is 4.46. The van der Waals surface area contributed by atoms with Crippen molar-refractivity contribution in [3.63, 3.8) is 0 Å². The Hall–Kier alpha value is -1.84. The van der Waals surface area contributed by atoms with Gasteiger partial charge >= 0.3 is 0 Å². The second kappa shape index (κ2) is 6.51. The van der Waals surface area contributed by atoms with Crippen LogP contribution in [0.15, 0.2) is 24.3 Å². The molecule has 1 aliphatic rings. The number of hydrogen-bond acceptors (Lipinski definition) is 1. The summed E-state index contributed by atoms with van der Waals surface area (Å²) < 4.78 is 13.8. The molecule has 1 aromatic heterocycles. The standard InChI is InChI=1S/C18H23FN2O/c1-2-5-13-6-4-10-21(11-9-13)18(22)17-12-14-15(19)7-3-8-16(14)20-17/h3,7-8,12-13,20H,2,4-6,9-11H2,1H3. The molecule has 1 atom stereocenters. The molecule has 4 heteroatoms. The van der Waals surface area contributed by atoms with E-state index in [1.165, 1.54) is 25.3 Å². The van der Waals surface area contributed by atoms with Crippen LogP contribution in [0.1, 0.15) is 49.5 Å². The molecule has 2 aromatic rings. The second-order valence-corrected chi connectivity index (χ2v) is 6.26. The third-order valence-corrected chi connectivity index (χ3v) is 4.67. The highest BCUT2D eigenvalue weighted by molar-refractivity contribution is 5.98. The Balaban J connectivity index is 1.76. The summed E-state index contributed by atoms with van der Waals surface area (Å²) in [6, 6.07) is 6.52. The van der Waals surface area contributed by atoms with Crippen LogP contribution >= 0.6 is 0 Å². The fraction of sp³-hybridized carbons (Fsp3) is 0.500. The number of amides is 1. The lowest BCUT2D eigenvalue weighted by atomic mass is 9.96. The zero-order valence-corrected chi connectivity index (χ0v) is 13.1. The minimum absolute atomic E-state index is 0.00671. The van der Waals surface area contributed by atoms with Crippen LogP contribution < -0.4 is 0 Å². The molecule has 118 valence electrons. The molecule has 0 radical (unpaired) electrons. The number of nitrogens with zero attached hydrogens (tertiary/aromatic N) is 1. The zero-order chi connectivity index (χ0) is 15.5. The minimum atomic E-state index is -0.285. The average molecular weight is 302 g/mol.